The van der Waals surface area contributed by atoms with E-state index in [0.29, 0.717) is 12.2 Å². The summed E-state index contributed by atoms with van der Waals surface area (Å²) in [5.41, 5.74) is 1.59. The molecule has 6 heteroatoms. The van der Waals surface area contributed by atoms with Gasteiger partial charge in [-0.15, -0.1) is 0 Å². The zero-order valence-corrected chi connectivity index (χ0v) is 11.7. The van der Waals surface area contributed by atoms with Gasteiger partial charge in [-0.25, -0.2) is 9.97 Å². The first kappa shape index (κ1) is 12.8. The molecule has 20 heavy (non-hydrogen) atoms. The lowest BCUT2D eigenvalue weighted by Crippen LogP contribution is -2.30. The second kappa shape index (κ2) is 5.03. The first-order valence-corrected chi connectivity index (χ1v) is 6.72. The summed E-state index contributed by atoms with van der Waals surface area (Å²) >= 11 is 0. The van der Waals surface area contributed by atoms with E-state index in [1.54, 1.807) is 30.2 Å². The number of aromatic nitrogens is 4. The minimum absolute atomic E-state index is 0.0279. The molecule has 1 saturated heterocycles. The molecule has 1 atom stereocenters. The average Bonchev–Trinajstić information content (AvgIpc) is 3.07. The number of rotatable bonds is 2. The summed E-state index contributed by atoms with van der Waals surface area (Å²) in [5, 5.41) is 4.04. The SMILES string of the molecule is Cc1ccnc([C@H]2CCN(C(=O)c3ccnn3C)C2)n1. The predicted octanol–water partition coefficient (Wildman–Crippen LogP) is 1.15. The van der Waals surface area contributed by atoms with Gasteiger partial charge in [0.25, 0.3) is 5.91 Å². The molecular formula is C14H17N5O. The second-order valence-electron chi connectivity index (χ2n) is 5.13. The van der Waals surface area contributed by atoms with E-state index in [2.05, 4.69) is 15.1 Å². The highest BCUT2D eigenvalue weighted by molar-refractivity contribution is 5.92. The van der Waals surface area contributed by atoms with Crippen molar-refractivity contribution < 1.29 is 4.79 Å². The number of likely N-dealkylation sites (tertiary alicyclic amines) is 1. The molecule has 0 spiro atoms. The third kappa shape index (κ3) is 2.29. The van der Waals surface area contributed by atoms with Crippen molar-refractivity contribution >= 4 is 5.91 Å². The maximum atomic E-state index is 12.4. The number of aryl methyl sites for hydroxylation is 2. The fourth-order valence-corrected chi connectivity index (χ4v) is 2.57. The summed E-state index contributed by atoms with van der Waals surface area (Å²) in [4.78, 5) is 23.0. The van der Waals surface area contributed by atoms with Crippen molar-refractivity contribution in [2.45, 2.75) is 19.3 Å². The summed E-state index contributed by atoms with van der Waals surface area (Å²) in [7, 11) is 1.78. The lowest BCUT2D eigenvalue weighted by atomic mass is 10.1. The van der Waals surface area contributed by atoms with Gasteiger partial charge in [0, 0.05) is 44.1 Å². The van der Waals surface area contributed by atoms with Crippen molar-refractivity contribution in [2.75, 3.05) is 13.1 Å². The molecule has 6 nitrogen and oxygen atoms in total. The fraction of sp³-hybridized carbons (Fsp3) is 0.429. The first-order valence-electron chi connectivity index (χ1n) is 6.72. The van der Waals surface area contributed by atoms with Crippen molar-refractivity contribution in [2.24, 2.45) is 7.05 Å². The zero-order chi connectivity index (χ0) is 14.1. The Morgan fingerprint density at radius 1 is 1.35 bits per heavy atom. The van der Waals surface area contributed by atoms with Crippen LogP contribution in [0.15, 0.2) is 24.5 Å². The Morgan fingerprint density at radius 3 is 2.90 bits per heavy atom. The van der Waals surface area contributed by atoms with Crippen LogP contribution in [0.2, 0.25) is 0 Å². The Balaban J connectivity index is 1.74. The molecule has 0 bridgehead atoms. The van der Waals surface area contributed by atoms with E-state index >= 15 is 0 Å². The number of hydrogen-bond acceptors (Lipinski definition) is 4. The van der Waals surface area contributed by atoms with Gasteiger partial charge >= 0.3 is 0 Å². The average molecular weight is 271 g/mol. The van der Waals surface area contributed by atoms with E-state index in [1.165, 1.54) is 0 Å². The van der Waals surface area contributed by atoms with Gasteiger partial charge < -0.3 is 4.90 Å². The Morgan fingerprint density at radius 2 is 2.20 bits per heavy atom. The predicted molar refractivity (Wildman–Crippen MR) is 73.2 cm³/mol. The van der Waals surface area contributed by atoms with Crippen LogP contribution < -0.4 is 0 Å². The minimum Gasteiger partial charge on any atom is -0.337 e. The van der Waals surface area contributed by atoms with Crippen LogP contribution in [-0.2, 0) is 7.05 Å². The summed E-state index contributed by atoms with van der Waals surface area (Å²) in [5.74, 6) is 1.09. The van der Waals surface area contributed by atoms with Crippen LogP contribution in [0.25, 0.3) is 0 Å². The summed E-state index contributed by atoms with van der Waals surface area (Å²) in [6.45, 7) is 3.37. The van der Waals surface area contributed by atoms with Gasteiger partial charge in [-0.2, -0.15) is 5.10 Å². The number of carbonyl (C=O) groups is 1. The van der Waals surface area contributed by atoms with Crippen LogP contribution in [0.5, 0.6) is 0 Å². The molecule has 3 rings (SSSR count). The van der Waals surface area contributed by atoms with E-state index in [1.807, 2.05) is 17.9 Å². The largest absolute Gasteiger partial charge is 0.337 e. The molecule has 3 heterocycles. The lowest BCUT2D eigenvalue weighted by molar-refractivity contribution is 0.0779. The second-order valence-corrected chi connectivity index (χ2v) is 5.13. The number of amides is 1. The zero-order valence-electron chi connectivity index (χ0n) is 11.7. The maximum absolute atomic E-state index is 12.4. The summed E-state index contributed by atoms with van der Waals surface area (Å²) in [6.07, 6.45) is 4.33. The maximum Gasteiger partial charge on any atom is 0.272 e. The van der Waals surface area contributed by atoms with Crippen LogP contribution in [-0.4, -0.2) is 43.6 Å². The van der Waals surface area contributed by atoms with E-state index in [0.717, 1.165) is 24.5 Å². The smallest absolute Gasteiger partial charge is 0.272 e. The van der Waals surface area contributed by atoms with Crippen LogP contribution in [0, 0.1) is 6.92 Å². The standard InChI is InChI=1S/C14H17N5O/c1-10-3-6-15-13(17-10)11-5-8-19(9-11)14(20)12-4-7-16-18(12)2/h3-4,6-7,11H,5,8-9H2,1-2H3/t11-/m0/s1. The molecule has 0 saturated carbocycles. The van der Waals surface area contributed by atoms with Crippen molar-refractivity contribution in [1.29, 1.82) is 0 Å². The molecular weight excluding hydrogens is 254 g/mol. The van der Waals surface area contributed by atoms with E-state index in [4.69, 9.17) is 0 Å². The Bertz CT molecular complexity index is 636. The third-order valence-corrected chi connectivity index (χ3v) is 3.69. The number of hydrogen-bond donors (Lipinski definition) is 0. The van der Waals surface area contributed by atoms with Gasteiger partial charge in [-0.1, -0.05) is 0 Å². The molecule has 1 aliphatic rings. The Hall–Kier alpha value is -2.24. The molecule has 1 amide bonds. The van der Waals surface area contributed by atoms with Crippen LogP contribution in [0.3, 0.4) is 0 Å². The molecule has 104 valence electrons. The Kier molecular flexibility index (Phi) is 3.22. The monoisotopic (exact) mass is 271 g/mol. The van der Waals surface area contributed by atoms with Gasteiger partial charge in [0.1, 0.15) is 11.5 Å². The van der Waals surface area contributed by atoms with Crippen molar-refractivity contribution in [3.63, 3.8) is 0 Å². The molecule has 0 aliphatic carbocycles. The lowest BCUT2D eigenvalue weighted by Gasteiger charge is -2.16. The van der Waals surface area contributed by atoms with Gasteiger partial charge in [0.2, 0.25) is 0 Å². The molecule has 0 N–H and O–H groups in total. The Labute approximate surface area is 117 Å². The molecule has 2 aromatic rings. The molecule has 1 fully saturated rings. The third-order valence-electron chi connectivity index (χ3n) is 3.69. The van der Waals surface area contributed by atoms with Crippen LogP contribution in [0.4, 0.5) is 0 Å². The highest BCUT2D eigenvalue weighted by atomic mass is 16.2. The fourth-order valence-electron chi connectivity index (χ4n) is 2.57. The quantitative estimate of drug-likeness (QED) is 0.822. The van der Waals surface area contributed by atoms with Crippen molar-refractivity contribution in [1.82, 2.24) is 24.6 Å². The van der Waals surface area contributed by atoms with E-state index in [9.17, 15) is 4.79 Å². The molecule has 0 radical (unpaired) electrons. The highest BCUT2D eigenvalue weighted by Crippen LogP contribution is 2.25. The summed E-state index contributed by atoms with van der Waals surface area (Å²) in [6, 6.07) is 3.63. The van der Waals surface area contributed by atoms with Crippen LogP contribution in [0.1, 0.15) is 34.3 Å². The van der Waals surface area contributed by atoms with Gasteiger partial charge in [-0.3, -0.25) is 9.48 Å². The van der Waals surface area contributed by atoms with Crippen LogP contribution >= 0.6 is 0 Å². The van der Waals surface area contributed by atoms with Gasteiger partial charge in [0.15, 0.2) is 0 Å². The minimum atomic E-state index is 0.0279. The van der Waals surface area contributed by atoms with Gasteiger partial charge in [0.05, 0.1) is 0 Å². The number of carbonyl (C=O) groups excluding carboxylic acids is 1. The topological polar surface area (TPSA) is 63.9 Å². The molecule has 0 unspecified atom stereocenters. The van der Waals surface area contributed by atoms with Crippen molar-refractivity contribution in [3.8, 4) is 0 Å². The normalized spacial score (nSPS) is 18.5. The first-order chi connectivity index (χ1) is 9.65. The van der Waals surface area contributed by atoms with Gasteiger partial charge in [-0.05, 0) is 25.5 Å². The number of nitrogens with zero attached hydrogens (tertiary/aromatic N) is 5. The van der Waals surface area contributed by atoms with E-state index in [-0.39, 0.29) is 11.8 Å². The summed E-state index contributed by atoms with van der Waals surface area (Å²) < 4.78 is 1.61. The molecule has 1 aliphatic heterocycles. The molecule has 2 aromatic heterocycles. The van der Waals surface area contributed by atoms with Crippen molar-refractivity contribution in [3.05, 3.63) is 41.7 Å². The molecule has 0 aromatic carbocycles. The highest BCUT2D eigenvalue weighted by Gasteiger charge is 2.30. The van der Waals surface area contributed by atoms with E-state index < -0.39 is 0 Å².